The molecule has 4 nitrogen and oxygen atoms in total. The maximum absolute atomic E-state index is 13.9. The summed E-state index contributed by atoms with van der Waals surface area (Å²) in [5.74, 6) is 5.77. The van der Waals surface area contributed by atoms with Crippen LogP contribution in [-0.2, 0) is 0 Å². The smallest absolute Gasteiger partial charge is 0.137 e. The van der Waals surface area contributed by atoms with E-state index >= 15 is 0 Å². The molecular formula is C14H15ClFN3O. The van der Waals surface area contributed by atoms with Crippen molar-refractivity contribution in [3.05, 3.63) is 58.6 Å². The Morgan fingerprint density at radius 2 is 2.20 bits per heavy atom. The molecular weight excluding hydrogens is 281 g/mol. The normalized spacial score (nSPS) is 12.2. The lowest BCUT2D eigenvalue weighted by molar-refractivity contribution is 0.338. The van der Waals surface area contributed by atoms with E-state index in [1.165, 1.54) is 18.2 Å². The number of halogens is 2. The van der Waals surface area contributed by atoms with Gasteiger partial charge in [-0.3, -0.25) is 10.8 Å². The van der Waals surface area contributed by atoms with Crippen LogP contribution in [0.4, 0.5) is 4.39 Å². The highest BCUT2D eigenvalue weighted by Crippen LogP contribution is 2.27. The van der Waals surface area contributed by atoms with E-state index in [1.54, 1.807) is 18.5 Å². The summed E-state index contributed by atoms with van der Waals surface area (Å²) in [7, 11) is 0. The summed E-state index contributed by atoms with van der Waals surface area (Å²) in [5.41, 5.74) is 3.63. The van der Waals surface area contributed by atoms with E-state index in [0.717, 1.165) is 0 Å². The van der Waals surface area contributed by atoms with Crippen LogP contribution in [0.25, 0.3) is 0 Å². The number of benzene rings is 1. The molecule has 1 heterocycles. The first-order valence-corrected chi connectivity index (χ1v) is 6.52. The number of hydrogen-bond donors (Lipinski definition) is 2. The molecule has 3 N–H and O–H groups in total. The minimum Gasteiger partial charge on any atom is -0.492 e. The van der Waals surface area contributed by atoms with Crippen LogP contribution in [-0.4, -0.2) is 11.6 Å². The topological polar surface area (TPSA) is 60.2 Å². The Morgan fingerprint density at radius 3 is 2.90 bits per heavy atom. The fraction of sp³-hybridized carbons (Fsp3) is 0.214. The summed E-state index contributed by atoms with van der Waals surface area (Å²) in [6.45, 7) is 2.40. The van der Waals surface area contributed by atoms with Crippen LogP contribution in [0, 0.1) is 5.82 Å². The molecule has 2 rings (SSSR count). The second kappa shape index (κ2) is 6.65. The van der Waals surface area contributed by atoms with E-state index < -0.39 is 6.04 Å². The van der Waals surface area contributed by atoms with Crippen LogP contribution in [0.2, 0.25) is 5.02 Å². The largest absolute Gasteiger partial charge is 0.492 e. The number of nitrogens with two attached hydrogens (primary N) is 1. The first kappa shape index (κ1) is 14.7. The predicted octanol–water partition coefficient (Wildman–Crippen LogP) is 2.83. The Kier molecular flexibility index (Phi) is 4.89. The number of hydrogen-bond acceptors (Lipinski definition) is 4. The van der Waals surface area contributed by atoms with Crippen LogP contribution in [0.1, 0.15) is 24.1 Å². The van der Waals surface area contributed by atoms with Gasteiger partial charge in [-0.15, -0.1) is 0 Å². The van der Waals surface area contributed by atoms with E-state index in [2.05, 4.69) is 10.4 Å². The average Bonchev–Trinajstić information content (AvgIpc) is 2.44. The molecule has 6 heteroatoms. The molecule has 0 aliphatic heterocycles. The molecule has 106 valence electrons. The summed E-state index contributed by atoms with van der Waals surface area (Å²) in [5, 5.41) is 0.440. The third-order valence-corrected chi connectivity index (χ3v) is 3.05. The summed E-state index contributed by atoms with van der Waals surface area (Å²) >= 11 is 5.91. The molecule has 0 amide bonds. The third-order valence-electron chi connectivity index (χ3n) is 2.81. The van der Waals surface area contributed by atoms with E-state index in [9.17, 15) is 4.39 Å². The molecule has 1 atom stereocenters. The van der Waals surface area contributed by atoms with Gasteiger partial charge in [0.2, 0.25) is 0 Å². The van der Waals surface area contributed by atoms with Gasteiger partial charge < -0.3 is 4.74 Å². The van der Waals surface area contributed by atoms with Gasteiger partial charge in [0.25, 0.3) is 0 Å². The van der Waals surface area contributed by atoms with Gasteiger partial charge in [0.05, 0.1) is 18.8 Å². The van der Waals surface area contributed by atoms with Crippen molar-refractivity contribution in [3.8, 4) is 5.75 Å². The number of nitrogens with one attached hydrogen (secondary N) is 1. The maximum Gasteiger partial charge on any atom is 0.137 e. The van der Waals surface area contributed by atoms with Gasteiger partial charge in [0, 0.05) is 16.8 Å². The van der Waals surface area contributed by atoms with Crippen molar-refractivity contribution in [1.82, 2.24) is 10.4 Å². The summed E-state index contributed by atoms with van der Waals surface area (Å²) in [6, 6.07) is 5.54. The molecule has 0 aliphatic carbocycles. The van der Waals surface area contributed by atoms with Gasteiger partial charge in [-0.25, -0.2) is 9.82 Å². The Labute approximate surface area is 121 Å². The van der Waals surface area contributed by atoms with Gasteiger partial charge in [-0.1, -0.05) is 11.6 Å². The SMILES string of the molecule is CCOc1cncc(C(NN)c2cc(Cl)ccc2F)c1. The van der Waals surface area contributed by atoms with Gasteiger partial charge in [0.1, 0.15) is 11.6 Å². The number of nitrogens with zero attached hydrogens (tertiary/aromatic N) is 1. The zero-order chi connectivity index (χ0) is 14.5. The molecule has 1 aromatic carbocycles. The molecule has 0 fully saturated rings. The highest BCUT2D eigenvalue weighted by atomic mass is 35.5. The van der Waals surface area contributed by atoms with Crippen LogP contribution in [0.3, 0.4) is 0 Å². The quantitative estimate of drug-likeness (QED) is 0.658. The first-order valence-electron chi connectivity index (χ1n) is 6.14. The number of pyridine rings is 1. The van der Waals surface area contributed by atoms with Crippen LogP contribution in [0.15, 0.2) is 36.7 Å². The molecule has 0 bridgehead atoms. The Balaban J connectivity index is 2.41. The minimum atomic E-state index is -0.554. The number of rotatable bonds is 5. The standard InChI is InChI=1S/C14H15ClFN3O/c1-2-20-11-5-9(7-18-8-11)14(19-17)12-6-10(15)3-4-13(12)16/h3-8,14,19H,2,17H2,1H3. The fourth-order valence-corrected chi connectivity index (χ4v) is 2.12. The second-order valence-corrected chi connectivity index (χ2v) is 4.59. The van der Waals surface area contributed by atoms with Crippen molar-refractivity contribution >= 4 is 11.6 Å². The highest BCUT2D eigenvalue weighted by molar-refractivity contribution is 6.30. The highest BCUT2D eigenvalue weighted by Gasteiger charge is 2.18. The molecule has 2 aromatic rings. The number of ether oxygens (including phenoxy) is 1. The van der Waals surface area contributed by atoms with Gasteiger partial charge in [0.15, 0.2) is 0 Å². The Morgan fingerprint density at radius 1 is 1.40 bits per heavy atom. The lowest BCUT2D eigenvalue weighted by Gasteiger charge is -2.18. The van der Waals surface area contributed by atoms with Crippen LogP contribution in [0.5, 0.6) is 5.75 Å². The number of aromatic nitrogens is 1. The monoisotopic (exact) mass is 295 g/mol. The van der Waals surface area contributed by atoms with E-state index in [4.69, 9.17) is 22.2 Å². The van der Waals surface area contributed by atoms with E-state index in [0.29, 0.717) is 28.5 Å². The van der Waals surface area contributed by atoms with Gasteiger partial charge in [-0.05, 0) is 36.8 Å². The van der Waals surface area contributed by atoms with E-state index in [1.807, 2.05) is 6.92 Å². The molecule has 0 aliphatic rings. The third kappa shape index (κ3) is 3.25. The summed E-state index contributed by atoms with van der Waals surface area (Å²) in [4.78, 5) is 4.07. The average molecular weight is 296 g/mol. The number of hydrazine groups is 1. The molecule has 1 aromatic heterocycles. The molecule has 1 unspecified atom stereocenters. The molecule has 0 spiro atoms. The Hall–Kier alpha value is -1.69. The van der Waals surface area contributed by atoms with Crippen molar-refractivity contribution < 1.29 is 9.13 Å². The predicted molar refractivity (Wildman–Crippen MR) is 76.0 cm³/mol. The van der Waals surface area contributed by atoms with Crippen molar-refractivity contribution in [2.45, 2.75) is 13.0 Å². The zero-order valence-corrected chi connectivity index (χ0v) is 11.7. The lowest BCUT2D eigenvalue weighted by Crippen LogP contribution is -2.29. The zero-order valence-electron chi connectivity index (χ0n) is 10.9. The van der Waals surface area contributed by atoms with Crippen molar-refractivity contribution in [1.29, 1.82) is 0 Å². The van der Waals surface area contributed by atoms with Gasteiger partial charge in [-0.2, -0.15) is 0 Å². The summed E-state index contributed by atoms with van der Waals surface area (Å²) < 4.78 is 19.3. The fourth-order valence-electron chi connectivity index (χ4n) is 1.94. The second-order valence-electron chi connectivity index (χ2n) is 4.15. The van der Waals surface area contributed by atoms with Crippen LogP contribution < -0.4 is 16.0 Å². The molecule has 0 saturated carbocycles. The molecule has 0 radical (unpaired) electrons. The lowest BCUT2D eigenvalue weighted by atomic mass is 10.00. The van der Waals surface area contributed by atoms with Crippen LogP contribution >= 0.6 is 11.6 Å². The first-order chi connectivity index (χ1) is 9.65. The Bertz CT molecular complexity index is 594. The van der Waals surface area contributed by atoms with Crippen molar-refractivity contribution in [2.75, 3.05) is 6.61 Å². The van der Waals surface area contributed by atoms with Gasteiger partial charge >= 0.3 is 0 Å². The van der Waals surface area contributed by atoms with Crippen molar-refractivity contribution in [2.24, 2.45) is 5.84 Å². The van der Waals surface area contributed by atoms with E-state index in [-0.39, 0.29) is 5.82 Å². The maximum atomic E-state index is 13.9. The summed E-state index contributed by atoms with van der Waals surface area (Å²) in [6.07, 6.45) is 3.20. The molecule has 0 saturated heterocycles. The molecule has 20 heavy (non-hydrogen) atoms. The van der Waals surface area contributed by atoms with Crippen molar-refractivity contribution in [3.63, 3.8) is 0 Å². The minimum absolute atomic E-state index is 0.357.